The Morgan fingerprint density at radius 3 is 2.59 bits per heavy atom. The van der Waals surface area contributed by atoms with E-state index in [4.69, 9.17) is 9.84 Å². The first-order valence-corrected chi connectivity index (χ1v) is 7.72. The molecule has 0 saturated heterocycles. The zero-order chi connectivity index (χ0) is 16.2. The van der Waals surface area contributed by atoms with Crippen LogP contribution in [0.2, 0.25) is 0 Å². The summed E-state index contributed by atoms with van der Waals surface area (Å²) in [5, 5.41) is 11.9. The molecule has 22 heavy (non-hydrogen) atoms. The lowest BCUT2D eigenvalue weighted by Gasteiger charge is -2.30. The number of carbonyl (C=O) groups excluding carboxylic acids is 1. The van der Waals surface area contributed by atoms with Gasteiger partial charge in [-0.1, -0.05) is 31.9 Å². The van der Waals surface area contributed by atoms with Crippen LogP contribution in [0.15, 0.2) is 24.3 Å². The zero-order valence-corrected chi connectivity index (χ0v) is 13.1. The normalized spacial score (nSPS) is 17.7. The van der Waals surface area contributed by atoms with Gasteiger partial charge in [0.15, 0.2) is 0 Å². The fraction of sp³-hybridized carbons (Fsp3) is 0.529. The van der Waals surface area contributed by atoms with Crippen LogP contribution in [0.25, 0.3) is 0 Å². The van der Waals surface area contributed by atoms with Gasteiger partial charge in [0.25, 0.3) is 0 Å². The molecule has 120 valence electrons. The summed E-state index contributed by atoms with van der Waals surface area (Å²) < 4.78 is 5.25. The van der Waals surface area contributed by atoms with Gasteiger partial charge in [-0.2, -0.15) is 0 Å². The molecule has 0 aromatic heterocycles. The van der Waals surface area contributed by atoms with Gasteiger partial charge in [-0.25, -0.2) is 4.79 Å². The van der Waals surface area contributed by atoms with Crippen LogP contribution in [-0.4, -0.2) is 30.1 Å². The molecule has 1 aliphatic carbocycles. The second-order valence-corrected chi connectivity index (χ2v) is 5.79. The van der Waals surface area contributed by atoms with Gasteiger partial charge in [0.1, 0.15) is 11.8 Å². The lowest BCUT2D eigenvalue weighted by atomic mass is 9.77. The Kier molecular flexibility index (Phi) is 5.06. The summed E-state index contributed by atoms with van der Waals surface area (Å²) in [5.74, 6) is -0.469. The number of methoxy groups -OCH3 is 1. The van der Waals surface area contributed by atoms with Crippen LogP contribution in [0.3, 0.4) is 0 Å². The van der Waals surface area contributed by atoms with Crippen LogP contribution in [-0.2, 0) is 15.0 Å². The van der Waals surface area contributed by atoms with E-state index in [1.54, 1.807) is 14.0 Å². The summed E-state index contributed by atoms with van der Waals surface area (Å²) in [7, 11) is 1.60. The number of ether oxygens (including phenoxy) is 1. The molecule has 1 unspecified atom stereocenters. The summed E-state index contributed by atoms with van der Waals surface area (Å²) in [6.45, 7) is 1.76. The summed E-state index contributed by atoms with van der Waals surface area (Å²) >= 11 is 0. The van der Waals surface area contributed by atoms with Crippen LogP contribution < -0.4 is 10.1 Å². The molecule has 0 heterocycles. The van der Waals surface area contributed by atoms with E-state index in [0.29, 0.717) is 12.2 Å². The summed E-state index contributed by atoms with van der Waals surface area (Å²) in [6.07, 6.45) is 3.78. The maximum atomic E-state index is 12.8. The Balaban J connectivity index is 2.31. The first-order valence-electron chi connectivity index (χ1n) is 7.72. The van der Waals surface area contributed by atoms with E-state index in [-0.39, 0.29) is 5.91 Å². The van der Waals surface area contributed by atoms with Gasteiger partial charge in [-0.05, 0) is 37.0 Å². The lowest BCUT2D eigenvalue weighted by Crippen LogP contribution is -2.49. The van der Waals surface area contributed by atoms with Crippen molar-refractivity contribution in [2.45, 2.75) is 50.5 Å². The molecule has 1 aliphatic rings. The van der Waals surface area contributed by atoms with Crippen molar-refractivity contribution in [1.29, 1.82) is 0 Å². The van der Waals surface area contributed by atoms with E-state index >= 15 is 0 Å². The molecule has 1 amide bonds. The summed E-state index contributed by atoms with van der Waals surface area (Å²) in [6, 6.07) is 6.68. The summed E-state index contributed by atoms with van der Waals surface area (Å²) in [5.41, 5.74) is 0.263. The highest BCUT2D eigenvalue weighted by Crippen LogP contribution is 2.42. The van der Waals surface area contributed by atoms with Crippen LogP contribution in [0.5, 0.6) is 5.75 Å². The van der Waals surface area contributed by atoms with Gasteiger partial charge in [-0.3, -0.25) is 4.79 Å². The van der Waals surface area contributed by atoms with E-state index in [0.717, 1.165) is 31.2 Å². The lowest BCUT2D eigenvalue weighted by molar-refractivity contribution is -0.142. The molecule has 5 heteroatoms. The first-order chi connectivity index (χ1) is 10.5. The molecule has 5 nitrogen and oxygen atoms in total. The Morgan fingerprint density at radius 1 is 1.36 bits per heavy atom. The van der Waals surface area contributed by atoms with Crippen molar-refractivity contribution in [3.8, 4) is 5.75 Å². The predicted molar refractivity (Wildman–Crippen MR) is 83.0 cm³/mol. The van der Waals surface area contributed by atoms with E-state index in [1.807, 2.05) is 24.3 Å². The maximum Gasteiger partial charge on any atom is 0.326 e. The largest absolute Gasteiger partial charge is 0.497 e. The van der Waals surface area contributed by atoms with Gasteiger partial charge in [0, 0.05) is 0 Å². The molecule has 1 atom stereocenters. The first kappa shape index (κ1) is 16.3. The number of rotatable bonds is 6. The molecule has 0 radical (unpaired) electrons. The van der Waals surface area contributed by atoms with Gasteiger partial charge >= 0.3 is 5.97 Å². The number of nitrogens with one attached hydrogen (secondary N) is 1. The van der Waals surface area contributed by atoms with Crippen molar-refractivity contribution in [3.05, 3.63) is 29.8 Å². The van der Waals surface area contributed by atoms with Crippen molar-refractivity contribution in [3.63, 3.8) is 0 Å². The smallest absolute Gasteiger partial charge is 0.326 e. The number of aliphatic carboxylic acids is 1. The van der Waals surface area contributed by atoms with Crippen LogP contribution in [0, 0.1) is 0 Å². The van der Waals surface area contributed by atoms with Gasteiger partial charge in [0.05, 0.1) is 12.5 Å². The zero-order valence-electron chi connectivity index (χ0n) is 13.1. The van der Waals surface area contributed by atoms with E-state index in [9.17, 15) is 9.59 Å². The van der Waals surface area contributed by atoms with E-state index < -0.39 is 17.4 Å². The molecular formula is C17H23NO4. The molecule has 0 bridgehead atoms. The Labute approximate surface area is 130 Å². The fourth-order valence-corrected chi connectivity index (χ4v) is 3.18. The van der Waals surface area contributed by atoms with Crippen molar-refractivity contribution in [2.24, 2.45) is 0 Å². The van der Waals surface area contributed by atoms with Crippen LogP contribution in [0.1, 0.15) is 44.6 Å². The van der Waals surface area contributed by atoms with E-state index in [1.165, 1.54) is 0 Å². The number of hydrogen-bond donors (Lipinski definition) is 2. The predicted octanol–water partition coefficient (Wildman–Crippen LogP) is 2.49. The molecule has 2 rings (SSSR count). The quantitative estimate of drug-likeness (QED) is 0.846. The highest BCUT2D eigenvalue weighted by atomic mass is 16.5. The molecule has 0 spiro atoms. The Morgan fingerprint density at radius 2 is 2.05 bits per heavy atom. The third-order valence-corrected chi connectivity index (χ3v) is 4.53. The maximum absolute atomic E-state index is 12.8. The molecule has 1 aromatic rings. The second kappa shape index (κ2) is 6.81. The number of benzene rings is 1. The summed E-state index contributed by atoms with van der Waals surface area (Å²) in [4.78, 5) is 24.0. The second-order valence-electron chi connectivity index (χ2n) is 5.79. The molecule has 1 saturated carbocycles. The topological polar surface area (TPSA) is 75.6 Å². The minimum absolute atomic E-state index is 0.187. The number of amides is 1. The van der Waals surface area contributed by atoms with Crippen LogP contribution in [0.4, 0.5) is 0 Å². The number of carbonyl (C=O) groups is 2. The average Bonchev–Trinajstić information content (AvgIpc) is 3.03. The van der Waals surface area contributed by atoms with Gasteiger partial charge in [0.2, 0.25) is 5.91 Å². The SMILES string of the molecule is CCC(NC(=O)C1(c2cccc(OC)c2)CCCC1)C(=O)O. The number of carboxylic acid groups (broad SMARTS) is 1. The van der Waals surface area contributed by atoms with Gasteiger partial charge < -0.3 is 15.2 Å². The van der Waals surface area contributed by atoms with Crippen molar-refractivity contribution in [1.82, 2.24) is 5.32 Å². The fourth-order valence-electron chi connectivity index (χ4n) is 3.18. The number of hydrogen-bond acceptors (Lipinski definition) is 3. The highest BCUT2D eigenvalue weighted by molar-refractivity contribution is 5.91. The molecule has 1 fully saturated rings. The average molecular weight is 305 g/mol. The number of carboxylic acids is 1. The third kappa shape index (κ3) is 3.08. The molecule has 1 aromatic carbocycles. The Hall–Kier alpha value is -2.04. The standard InChI is InChI=1S/C17H23NO4/c1-3-14(15(19)20)18-16(21)17(9-4-5-10-17)12-7-6-8-13(11-12)22-2/h6-8,11,14H,3-5,9-10H2,1-2H3,(H,18,21)(H,19,20). The van der Waals surface area contributed by atoms with Gasteiger partial charge in [-0.15, -0.1) is 0 Å². The highest BCUT2D eigenvalue weighted by Gasteiger charge is 2.43. The van der Waals surface area contributed by atoms with Crippen molar-refractivity contribution >= 4 is 11.9 Å². The molecule has 0 aliphatic heterocycles. The minimum atomic E-state index is -0.991. The van der Waals surface area contributed by atoms with Crippen molar-refractivity contribution in [2.75, 3.05) is 7.11 Å². The monoisotopic (exact) mass is 305 g/mol. The Bertz CT molecular complexity index is 549. The molecular weight excluding hydrogens is 282 g/mol. The molecule has 2 N–H and O–H groups in total. The van der Waals surface area contributed by atoms with Crippen LogP contribution >= 0.6 is 0 Å². The minimum Gasteiger partial charge on any atom is -0.497 e. The van der Waals surface area contributed by atoms with Crippen molar-refractivity contribution < 1.29 is 19.4 Å². The third-order valence-electron chi connectivity index (χ3n) is 4.53. The van der Waals surface area contributed by atoms with E-state index in [2.05, 4.69) is 5.32 Å².